The third-order valence-electron chi connectivity index (χ3n) is 3.48. The van der Waals surface area contributed by atoms with Crippen molar-refractivity contribution in [1.29, 1.82) is 0 Å². The molecule has 2 aromatic rings. The number of hydrogen-bond acceptors (Lipinski definition) is 3. The standard InChI is InChI=1S/C16H13FO4/c17-13-4-2-1-3-11(13)7-12(16(18)19)10-5-6-14-15(8-10)21-9-20-14/h1-6,8,12H,7,9H2,(H,18,19). The number of aliphatic carboxylic acids is 1. The number of ether oxygens (including phenoxy) is 2. The van der Waals surface area contributed by atoms with Crippen LogP contribution in [0.1, 0.15) is 17.0 Å². The first kappa shape index (κ1) is 13.4. The largest absolute Gasteiger partial charge is 0.481 e. The molecule has 108 valence electrons. The predicted octanol–water partition coefficient (Wildman–Crippen LogP) is 2.97. The van der Waals surface area contributed by atoms with Crippen molar-refractivity contribution < 1.29 is 23.8 Å². The van der Waals surface area contributed by atoms with E-state index in [9.17, 15) is 14.3 Å². The average molecular weight is 288 g/mol. The van der Waals surface area contributed by atoms with E-state index in [0.29, 0.717) is 22.6 Å². The molecule has 1 atom stereocenters. The third-order valence-corrected chi connectivity index (χ3v) is 3.48. The minimum absolute atomic E-state index is 0.0850. The molecule has 0 aliphatic carbocycles. The van der Waals surface area contributed by atoms with Crippen molar-refractivity contribution in [1.82, 2.24) is 0 Å². The predicted molar refractivity (Wildman–Crippen MR) is 73.0 cm³/mol. The Hall–Kier alpha value is -2.56. The number of rotatable bonds is 4. The lowest BCUT2D eigenvalue weighted by Crippen LogP contribution is -2.15. The number of halogens is 1. The monoisotopic (exact) mass is 288 g/mol. The molecule has 1 aliphatic rings. The maximum Gasteiger partial charge on any atom is 0.311 e. The van der Waals surface area contributed by atoms with Gasteiger partial charge >= 0.3 is 5.97 Å². The molecule has 0 spiro atoms. The first-order valence-electron chi connectivity index (χ1n) is 6.51. The van der Waals surface area contributed by atoms with Crippen LogP contribution in [0.2, 0.25) is 0 Å². The molecule has 0 radical (unpaired) electrons. The highest BCUT2D eigenvalue weighted by Crippen LogP contribution is 2.35. The lowest BCUT2D eigenvalue weighted by molar-refractivity contribution is -0.138. The van der Waals surface area contributed by atoms with Gasteiger partial charge in [0.2, 0.25) is 6.79 Å². The van der Waals surface area contributed by atoms with Gasteiger partial charge in [-0.25, -0.2) is 4.39 Å². The molecule has 4 nitrogen and oxygen atoms in total. The van der Waals surface area contributed by atoms with Gasteiger partial charge in [0.25, 0.3) is 0 Å². The highest BCUT2D eigenvalue weighted by atomic mass is 19.1. The summed E-state index contributed by atoms with van der Waals surface area (Å²) >= 11 is 0. The molecule has 21 heavy (non-hydrogen) atoms. The minimum atomic E-state index is -1.00. The van der Waals surface area contributed by atoms with Crippen molar-refractivity contribution in [2.24, 2.45) is 0 Å². The van der Waals surface area contributed by atoms with Crippen LogP contribution in [0.4, 0.5) is 4.39 Å². The zero-order valence-electron chi connectivity index (χ0n) is 11.1. The van der Waals surface area contributed by atoms with Gasteiger partial charge in [-0.05, 0) is 35.7 Å². The van der Waals surface area contributed by atoms with Crippen LogP contribution in [0.25, 0.3) is 0 Å². The fourth-order valence-electron chi connectivity index (χ4n) is 2.36. The Morgan fingerprint density at radius 1 is 1.19 bits per heavy atom. The van der Waals surface area contributed by atoms with Crippen LogP contribution >= 0.6 is 0 Å². The summed E-state index contributed by atoms with van der Waals surface area (Å²) in [4.78, 5) is 11.5. The molecule has 1 aliphatic heterocycles. The molecule has 0 saturated heterocycles. The van der Waals surface area contributed by atoms with Crippen LogP contribution in [-0.2, 0) is 11.2 Å². The van der Waals surface area contributed by atoms with Crippen LogP contribution in [0, 0.1) is 5.82 Å². The van der Waals surface area contributed by atoms with E-state index in [1.54, 1.807) is 36.4 Å². The molecule has 0 aromatic heterocycles. The number of fused-ring (bicyclic) bond motifs is 1. The van der Waals surface area contributed by atoms with Gasteiger partial charge in [0.15, 0.2) is 11.5 Å². The van der Waals surface area contributed by atoms with Crippen molar-refractivity contribution in [2.75, 3.05) is 6.79 Å². The van der Waals surface area contributed by atoms with Crippen molar-refractivity contribution in [2.45, 2.75) is 12.3 Å². The molecule has 0 bridgehead atoms. The highest BCUT2D eigenvalue weighted by Gasteiger charge is 2.24. The summed E-state index contributed by atoms with van der Waals surface area (Å²) in [6.45, 7) is 0.129. The van der Waals surface area contributed by atoms with Gasteiger partial charge < -0.3 is 14.6 Å². The molecule has 5 heteroatoms. The molecule has 0 saturated carbocycles. The van der Waals surface area contributed by atoms with Gasteiger partial charge in [0.1, 0.15) is 5.82 Å². The normalized spacial score (nSPS) is 14.0. The van der Waals surface area contributed by atoms with Gasteiger partial charge in [-0.15, -0.1) is 0 Å². The van der Waals surface area contributed by atoms with Crippen LogP contribution in [0.15, 0.2) is 42.5 Å². The van der Waals surface area contributed by atoms with Crippen molar-refractivity contribution in [3.63, 3.8) is 0 Å². The summed E-state index contributed by atoms with van der Waals surface area (Å²) in [7, 11) is 0. The second-order valence-electron chi connectivity index (χ2n) is 4.80. The van der Waals surface area contributed by atoms with E-state index in [-0.39, 0.29) is 13.2 Å². The summed E-state index contributed by atoms with van der Waals surface area (Å²) in [6, 6.07) is 11.2. The topological polar surface area (TPSA) is 55.8 Å². The van der Waals surface area contributed by atoms with E-state index in [4.69, 9.17) is 9.47 Å². The second-order valence-corrected chi connectivity index (χ2v) is 4.80. The van der Waals surface area contributed by atoms with Gasteiger partial charge in [-0.3, -0.25) is 4.79 Å². The Morgan fingerprint density at radius 2 is 1.95 bits per heavy atom. The molecule has 0 amide bonds. The summed E-state index contributed by atoms with van der Waals surface area (Å²) in [5.74, 6) is -1.13. The third kappa shape index (κ3) is 2.67. The maximum atomic E-state index is 13.7. The Morgan fingerprint density at radius 3 is 2.71 bits per heavy atom. The smallest absolute Gasteiger partial charge is 0.311 e. The van der Waals surface area contributed by atoms with Gasteiger partial charge in [-0.2, -0.15) is 0 Å². The summed E-state index contributed by atoms with van der Waals surface area (Å²) in [5, 5.41) is 9.43. The van der Waals surface area contributed by atoms with Gasteiger partial charge in [0.05, 0.1) is 5.92 Å². The van der Waals surface area contributed by atoms with E-state index >= 15 is 0 Å². The zero-order chi connectivity index (χ0) is 14.8. The lowest BCUT2D eigenvalue weighted by Gasteiger charge is -2.14. The molecule has 1 N–H and O–H groups in total. The van der Waals surface area contributed by atoms with Crippen molar-refractivity contribution in [3.05, 3.63) is 59.4 Å². The Balaban J connectivity index is 1.92. The summed E-state index contributed by atoms with van der Waals surface area (Å²) in [6.07, 6.45) is 0.0850. The van der Waals surface area contributed by atoms with Gasteiger partial charge in [-0.1, -0.05) is 24.3 Å². The molecular weight excluding hydrogens is 275 g/mol. The van der Waals surface area contributed by atoms with Gasteiger partial charge in [0, 0.05) is 0 Å². The highest BCUT2D eigenvalue weighted by molar-refractivity contribution is 5.77. The quantitative estimate of drug-likeness (QED) is 0.939. The maximum absolute atomic E-state index is 13.7. The van der Waals surface area contributed by atoms with E-state index in [1.807, 2.05) is 0 Å². The number of benzene rings is 2. The number of carboxylic acid groups (broad SMARTS) is 1. The summed E-state index contributed by atoms with van der Waals surface area (Å²) in [5.41, 5.74) is 0.942. The minimum Gasteiger partial charge on any atom is -0.481 e. The van der Waals surface area contributed by atoms with Crippen LogP contribution < -0.4 is 9.47 Å². The van der Waals surface area contributed by atoms with Crippen LogP contribution in [-0.4, -0.2) is 17.9 Å². The van der Waals surface area contributed by atoms with Crippen molar-refractivity contribution in [3.8, 4) is 11.5 Å². The van der Waals surface area contributed by atoms with Crippen molar-refractivity contribution >= 4 is 5.97 Å². The molecule has 2 aromatic carbocycles. The van der Waals surface area contributed by atoms with Crippen LogP contribution in [0.5, 0.6) is 11.5 Å². The fraction of sp³-hybridized carbons (Fsp3) is 0.188. The SMILES string of the molecule is O=C(O)C(Cc1ccccc1F)c1ccc2c(c1)OCO2. The lowest BCUT2D eigenvalue weighted by atomic mass is 9.91. The Labute approximate surface area is 120 Å². The number of carboxylic acids is 1. The number of carbonyl (C=O) groups is 1. The number of hydrogen-bond donors (Lipinski definition) is 1. The van der Waals surface area contributed by atoms with E-state index in [2.05, 4.69) is 0 Å². The first-order valence-corrected chi connectivity index (χ1v) is 6.51. The Kier molecular flexibility index (Phi) is 3.48. The molecular formula is C16H13FO4. The Bertz CT molecular complexity index is 684. The molecule has 0 fully saturated rings. The molecule has 1 unspecified atom stereocenters. The van der Waals surface area contributed by atoms with Crippen LogP contribution in [0.3, 0.4) is 0 Å². The van der Waals surface area contributed by atoms with E-state index < -0.39 is 17.7 Å². The summed E-state index contributed by atoms with van der Waals surface area (Å²) < 4.78 is 24.2. The van der Waals surface area contributed by atoms with E-state index in [1.165, 1.54) is 6.07 Å². The van der Waals surface area contributed by atoms with E-state index in [0.717, 1.165) is 0 Å². The first-order chi connectivity index (χ1) is 10.1. The molecule has 3 rings (SSSR count). The molecule has 1 heterocycles. The average Bonchev–Trinajstić information content (AvgIpc) is 2.93. The zero-order valence-corrected chi connectivity index (χ0v) is 11.1. The fourth-order valence-corrected chi connectivity index (χ4v) is 2.36. The second kappa shape index (κ2) is 5.44.